The summed E-state index contributed by atoms with van der Waals surface area (Å²) in [5.41, 5.74) is 0.297. The molecule has 5 nitrogen and oxygen atoms in total. The SMILES string of the molecule is CC(CN(C)C(=O)NC1CC(C(C)(C)C)C1)C(=O)O. The van der Waals surface area contributed by atoms with Crippen LogP contribution in [-0.4, -0.2) is 41.6 Å². The van der Waals surface area contributed by atoms with Gasteiger partial charge in [0.2, 0.25) is 0 Å². The van der Waals surface area contributed by atoms with Crippen molar-refractivity contribution in [1.29, 1.82) is 0 Å². The minimum absolute atomic E-state index is 0.176. The van der Waals surface area contributed by atoms with E-state index < -0.39 is 11.9 Å². The van der Waals surface area contributed by atoms with Gasteiger partial charge in [-0.25, -0.2) is 4.79 Å². The summed E-state index contributed by atoms with van der Waals surface area (Å²) < 4.78 is 0. The summed E-state index contributed by atoms with van der Waals surface area (Å²) in [5, 5.41) is 11.8. The van der Waals surface area contributed by atoms with Crippen LogP contribution in [0.1, 0.15) is 40.5 Å². The fourth-order valence-electron chi connectivity index (χ4n) is 2.30. The summed E-state index contributed by atoms with van der Waals surface area (Å²) in [5.74, 6) is -0.767. The Morgan fingerprint density at radius 1 is 1.37 bits per heavy atom. The summed E-state index contributed by atoms with van der Waals surface area (Å²) in [7, 11) is 1.63. The van der Waals surface area contributed by atoms with Crippen LogP contribution in [0.15, 0.2) is 0 Å². The molecule has 1 atom stereocenters. The Morgan fingerprint density at radius 3 is 2.32 bits per heavy atom. The molecule has 0 aliphatic heterocycles. The van der Waals surface area contributed by atoms with E-state index in [4.69, 9.17) is 5.11 Å². The summed E-state index contributed by atoms with van der Waals surface area (Å²) in [6, 6.07) is 0.0600. The summed E-state index contributed by atoms with van der Waals surface area (Å²) in [6.07, 6.45) is 2.02. The van der Waals surface area contributed by atoms with Crippen molar-refractivity contribution in [2.24, 2.45) is 17.3 Å². The van der Waals surface area contributed by atoms with Crippen molar-refractivity contribution in [3.8, 4) is 0 Å². The smallest absolute Gasteiger partial charge is 0.317 e. The van der Waals surface area contributed by atoms with Crippen molar-refractivity contribution in [2.45, 2.75) is 46.6 Å². The van der Waals surface area contributed by atoms with E-state index in [2.05, 4.69) is 26.1 Å². The van der Waals surface area contributed by atoms with Gasteiger partial charge in [0.05, 0.1) is 5.92 Å². The van der Waals surface area contributed by atoms with Crippen LogP contribution in [0.25, 0.3) is 0 Å². The predicted molar refractivity (Wildman–Crippen MR) is 73.9 cm³/mol. The minimum Gasteiger partial charge on any atom is -0.481 e. The molecule has 110 valence electrons. The Morgan fingerprint density at radius 2 is 1.89 bits per heavy atom. The van der Waals surface area contributed by atoms with E-state index in [1.807, 2.05) is 0 Å². The zero-order valence-corrected chi connectivity index (χ0v) is 12.6. The zero-order valence-electron chi connectivity index (χ0n) is 12.6. The van der Waals surface area contributed by atoms with Gasteiger partial charge in [0.15, 0.2) is 0 Å². The number of nitrogens with one attached hydrogen (secondary N) is 1. The molecule has 0 aromatic rings. The Balaban J connectivity index is 2.31. The fourth-order valence-corrected chi connectivity index (χ4v) is 2.30. The molecule has 0 aromatic heterocycles. The van der Waals surface area contributed by atoms with Crippen LogP contribution >= 0.6 is 0 Å². The second-order valence-electron chi connectivity index (χ2n) is 6.80. The Labute approximate surface area is 115 Å². The van der Waals surface area contributed by atoms with Gasteiger partial charge in [-0.2, -0.15) is 0 Å². The van der Waals surface area contributed by atoms with Gasteiger partial charge in [0.25, 0.3) is 0 Å². The molecule has 2 N–H and O–H groups in total. The van der Waals surface area contributed by atoms with Crippen molar-refractivity contribution < 1.29 is 14.7 Å². The van der Waals surface area contributed by atoms with Gasteiger partial charge in [0, 0.05) is 19.6 Å². The number of carbonyl (C=O) groups excluding carboxylic acids is 1. The second kappa shape index (κ2) is 5.80. The van der Waals surface area contributed by atoms with Crippen LogP contribution in [0.2, 0.25) is 0 Å². The molecule has 1 rings (SSSR count). The minimum atomic E-state index is -0.879. The fraction of sp³-hybridized carbons (Fsp3) is 0.857. The number of amides is 2. The van der Waals surface area contributed by atoms with Crippen molar-refractivity contribution in [1.82, 2.24) is 10.2 Å². The maximum absolute atomic E-state index is 11.9. The highest BCUT2D eigenvalue weighted by Crippen LogP contribution is 2.41. The van der Waals surface area contributed by atoms with Crippen molar-refractivity contribution in [3.05, 3.63) is 0 Å². The summed E-state index contributed by atoms with van der Waals surface area (Å²) in [6.45, 7) is 8.49. The number of nitrogens with zero attached hydrogens (tertiary/aromatic N) is 1. The third kappa shape index (κ3) is 4.40. The number of carboxylic acids is 1. The maximum atomic E-state index is 11.9. The van der Waals surface area contributed by atoms with Crippen LogP contribution in [0.4, 0.5) is 4.79 Å². The molecule has 0 heterocycles. The lowest BCUT2D eigenvalue weighted by Crippen LogP contribution is -2.52. The molecule has 19 heavy (non-hydrogen) atoms. The number of carboxylic acid groups (broad SMARTS) is 1. The lowest BCUT2D eigenvalue weighted by atomic mass is 9.66. The maximum Gasteiger partial charge on any atom is 0.317 e. The monoisotopic (exact) mass is 270 g/mol. The molecule has 0 bridgehead atoms. The Bertz CT molecular complexity index is 343. The first kappa shape index (κ1) is 15.8. The van der Waals surface area contributed by atoms with E-state index in [0.717, 1.165) is 12.8 Å². The Kier molecular flexibility index (Phi) is 4.82. The molecule has 0 radical (unpaired) electrons. The van der Waals surface area contributed by atoms with Crippen LogP contribution in [0, 0.1) is 17.3 Å². The first-order chi connectivity index (χ1) is 8.61. The Hall–Kier alpha value is -1.26. The highest BCUT2D eigenvalue weighted by molar-refractivity contribution is 5.76. The number of urea groups is 1. The van der Waals surface area contributed by atoms with E-state index in [9.17, 15) is 9.59 Å². The first-order valence-corrected chi connectivity index (χ1v) is 6.85. The van der Waals surface area contributed by atoms with Gasteiger partial charge in [-0.1, -0.05) is 27.7 Å². The highest BCUT2D eigenvalue weighted by atomic mass is 16.4. The number of rotatable bonds is 4. The molecule has 5 heteroatoms. The molecule has 2 amide bonds. The quantitative estimate of drug-likeness (QED) is 0.822. The molecule has 1 saturated carbocycles. The average molecular weight is 270 g/mol. The molecule has 1 unspecified atom stereocenters. The molecule has 0 spiro atoms. The molecular weight excluding hydrogens is 244 g/mol. The largest absolute Gasteiger partial charge is 0.481 e. The first-order valence-electron chi connectivity index (χ1n) is 6.85. The zero-order chi connectivity index (χ0) is 14.8. The van der Waals surface area contributed by atoms with Gasteiger partial charge in [0.1, 0.15) is 0 Å². The van der Waals surface area contributed by atoms with Crippen LogP contribution in [0.5, 0.6) is 0 Å². The topological polar surface area (TPSA) is 69.6 Å². The van der Waals surface area contributed by atoms with Gasteiger partial charge in [-0.3, -0.25) is 4.79 Å². The third-order valence-electron chi connectivity index (χ3n) is 4.01. The number of hydrogen-bond donors (Lipinski definition) is 2. The van der Waals surface area contributed by atoms with Crippen molar-refractivity contribution >= 4 is 12.0 Å². The number of carbonyl (C=O) groups is 2. The highest BCUT2D eigenvalue weighted by Gasteiger charge is 2.38. The normalized spacial score (nSPS) is 24.3. The van der Waals surface area contributed by atoms with E-state index in [1.54, 1.807) is 14.0 Å². The third-order valence-corrected chi connectivity index (χ3v) is 4.01. The predicted octanol–water partition coefficient (Wildman–Crippen LogP) is 2.17. The summed E-state index contributed by atoms with van der Waals surface area (Å²) >= 11 is 0. The number of hydrogen-bond acceptors (Lipinski definition) is 2. The van der Waals surface area contributed by atoms with Gasteiger partial charge < -0.3 is 15.3 Å². The second-order valence-corrected chi connectivity index (χ2v) is 6.80. The van der Waals surface area contributed by atoms with Crippen LogP contribution in [-0.2, 0) is 4.79 Å². The molecule has 1 fully saturated rings. The van der Waals surface area contributed by atoms with Gasteiger partial charge in [-0.05, 0) is 24.2 Å². The molecule has 0 aromatic carbocycles. The molecular formula is C14H26N2O3. The van der Waals surface area contributed by atoms with E-state index >= 15 is 0 Å². The number of aliphatic carboxylic acids is 1. The molecule has 1 aliphatic rings. The van der Waals surface area contributed by atoms with Crippen molar-refractivity contribution in [2.75, 3.05) is 13.6 Å². The van der Waals surface area contributed by atoms with Crippen molar-refractivity contribution in [3.63, 3.8) is 0 Å². The molecule has 1 aliphatic carbocycles. The van der Waals surface area contributed by atoms with Crippen LogP contribution in [0.3, 0.4) is 0 Å². The van der Waals surface area contributed by atoms with E-state index in [0.29, 0.717) is 11.3 Å². The standard InChI is InChI=1S/C14H26N2O3/c1-9(12(17)18)8-16(5)13(19)15-11-6-10(7-11)14(2,3)4/h9-11H,6-8H2,1-5H3,(H,15,19)(H,17,18). The van der Waals surface area contributed by atoms with Gasteiger partial charge in [-0.15, -0.1) is 0 Å². The average Bonchev–Trinajstić information content (AvgIpc) is 2.20. The lowest BCUT2D eigenvalue weighted by molar-refractivity contribution is -0.141. The van der Waals surface area contributed by atoms with E-state index in [-0.39, 0.29) is 18.6 Å². The van der Waals surface area contributed by atoms with Crippen LogP contribution < -0.4 is 5.32 Å². The van der Waals surface area contributed by atoms with Gasteiger partial charge >= 0.3 is 12.0 Å². The lowest BCUT2D eigenvalue weighted by Gasteiger charge is -2.44. The summed E-state index contributed by atoms with van der Waals surface area (Å²) in [4.78, 5) is 24.1. The van der Waals surface area contributed by atoms with E-state index in [1.165, 1.54) is 4.90 Å². The molecule has 0 saturated heterocycles.